The molecule has 0 saturated carbocycles. The molecule has 0 radical (unpaired) electrons. The number of hydrogen-bond acceptors (Lipinski definition) is 17. The molecule has 3 aliphatic heterocycles. The average molecular weight is 967 g/mol. The summed E-state index contributed by atoms with van der Waals surface area (Å²) in [6.45, 7) is 12.3. The van der Waals surface area contributed by atoms with Gasteiger partial charge < -0.3 is 69.3 Å². The minimum absolute atomic E-state index is 0.0106. The van der Waals surface area contributed by atoms with Gasteiger partial charge >= 0.3 is 11.8 Å². The number of thioether (sulfide) groups is 1. The van der Waals surface area contributed by atoms with Gasteiger partial charge in [0.2, 0.25) is 5.75 Å². The number of benzene rings is 3. The molecule has 0 aliphatic carbocycles. The van der Waals surface area contributed by atoms with Crippen molar-refractivity contribution in [1.82, 2.24) is 5.32 Å². The summed E-state index contributed by atoms with van der Waals surface area (Å²) in [6.07, 6.45) is 3.29. The third kappa shape index (κ3) is 10.4. The SMILES string of the molecule is COc1cc(C(=O)NCCSc2c3c(O)c4c(O)c(C)c5c(c4c2O)C(=O)[C@@](C)(O/C=C/[C@H](OC)[C@@H](C)[C@@H](OC(C)=O)[C@H](C)[C@H](O)[C@H](C)[C@@H](O)[C@@H](C)/C=C/C=C(/C)C(=O)N3)O5)cc(OC)c1OC. The van der Waals surface area contributed by atoms with E-state index in [1.165, 1.54) is 86.7 Å². The van der Waals surface area contributed by atoms with E-state index < -0.39 is 94.7 Å². The third-order valence-corrected chi connectivity index (χ3v) is 13.6. The summed E-state index contributed by atoms with van der Waals surface area (Å²) in [5, 5.41) is 63.7. The molecule has 6 rings (SSSR count). The van der Waals surface area contributed by atoms with Crippen LogP contribution in [0.2, 0.25) is 0 Å². The van der Waals surface area contributed by atoms with Crippen LogP contribution in [0.25, 0.3) is 10.8 Å². The number of hydrogen-bond donors (Lipinski definition) is 7. The Balaban J connectivity index is 1.63. The number of allylic oxidation sites excluding steroid dienone is 2. The number of fused-ring (bicyclic) bond motifs is 14. The molecule has 19 heteroatoms. The van der Waals surface area contributed by atoms with Crippen molar-refractivity contribution < 1.29 is 77.9 Å². The van der Waals surface area contributed by atoms with Crippen LogP contribution in [0.3, 0.4) is 0 Å². The number of nitrogens with one attached hydrogen (secondary N) is 2. The third-order valence-electron chi connectivity index (χ3n) is 12.5. The first kappa shape index (κ1) is 52.8. The lowest BCUT2D eigenvalue weighted by molar-refractivity contribution is -0.160. The fourth-order valence-electron chi connectivity index (χ4n) is 8.47. The summed E-state index contributed by atoms with van der Waals surface area (Å²) in [6, 6.07) is 2.95. The Bertz CT molecular complexity index is 2500. The first-order valence-corrected chi connectivity index (χ1v) is 22.9. The number of ketones is 1. The van der Waals surface area contributed by atoms with Gasteiger partial charge in [0.25, 0.3) is 17.6 Å². The van der Waals surface area contributed by atoms with Crippen LogP contribution in [0.1, 0.15) is 74.7 Å². The van der Waals surface area contributed by atoms with Crippen LogP contribution in [0, 0.1) is 30.6 Å². The number of rotatable bonds is 10. The lowest BCUT2D eigenvalue weighted by atomic mass is 9.78. The molecule has 0 aromatic heterocycles. The van der Waals surface area contributed by atoms with Crippen LogP contribution >= 0.6 is 11.8 Å². The second-order valence-electron chi connectivity index (χ2n) is 17.1. The lowest BCUT2D eigenvalue weighted by Crippen LogP contribution is -2.46. The number of ether oxygens (including phenoxy) is 7. The van der Waals surface area contributed by atoms with E-state index in [0.29, 0.717) is 5.75 Å². The van der Waals surface area contributed by atoms with Gasteiger partial charge in [-0.05, 0) is 32.1 Å². The Morgan fingerprint density at radius 3 is 2.10 bits per heavy atom. The summed E-state index contributed by atoms with van der Waals surface area (Å²) >= 11 is 0.921. The van der Waals surface area contributed by atoms with Gasteiger partial charge in [-0.15, -0.1) is 11.8 Å². The van der Waals surface area contributed by atoms with Crippen molar-refractivity contribution >= 4 is 51.8 Å². The first-order valence-electron chi connectivity index (χ1n) is 21.9. The number of carbonyl (C=O) groups excluding carboxylic acids is 4. The predicted octanol–water partition coefficient (Wildman–Crippen LogP) is 6.30. The maximum Gasteiger partial charge on any atom is 0.312 e. The number of esters is 1. The highest BCUT2D eigenvalue weighted by Gasteiger charge is 2.50. The Morgan fingerprint density at radius 1 is 0.868 bits per heavy atom. The predicted molar refractivity (Wildman–Crippen MR) is 253 cm³/mol. The van der Waals surface area contributed by atoms with Crippen LogP contribution in [-0.2, 0) is 23.8 Å². The second kappa shape index (κ2) is 21.9. The molecule has 7 N–H and O–H groups in total. The number of methoxy groups -OCH3 is 4. The number of phenols is 3. The van der Waals surface area contributed by atoms with Gasteiger partial charge in [-0.2, -0.15) is 0 Å². The van der Waals surface area contributed by atoms with Crippen LogP contribution in [0.15, 0.2) is 53.2 Å². The number of aliphatic hydroxyl groups is 2. The number of phenolic OH excluding ortho intramolecular Hbond substituents is 3. The molecule has 68 heavy (non-hydrogen) atoms. The molecule has 3 aliphatic rings. The maximum absolute atomic E-state index is 14.6. The van der Waals surface area contributed by atoms with Crippen molar-refractivity contribution in [1.29, 1.82) is 0 Å². The van der Waals surface area contributed by atoms with Gasteiger partial charge in [0, 0.05) is 79.0 Å². The van der Waals surface area contributed by atoms with Gasteiger partial charge in [-0.1, -0.05) is 45.9 Å². The highest BCUT2D eigenvalue weighted by molar-refractivity contribution is 7.99. The van der Waals surface area contributed by atoms with E-state index in [2.05, 4.69) is 10.6 Å². The molecule has 3 aromatic carbocycles. The molecule has 2 amide bonds. The molecule has 5 bridgehead atoms. The number of anilines is 1. The molecule has 0 fully saturated rings. The van der Waals surface area contributed by atoms with Crippen molar-refractivity contribution in [3.05, 3.63) is 65.0 Å². The van der Waals surface area contributed by atoms with Crippen molar-refractivity contribution in [2.24, 2.45) is 23.7 Å². The molecule has 0 spiro atoms. The van der Waals surface area contributed by atoms with Gasteiger partial charge in [0.05, 0.1) is 61.7 Å². The molecule has 18 nitrogen and oxygen atoms in total. The van der Waals surface area contributed by atoms with Gasteiger partial charge in [0.15, 0.2) is 17.2 Å². The van der Waals surface area contributed by atoms with E-state index in [4.69, 9.17) is 33.2 Å². The van der Waals surface area contributed by atoms with Crippen molar-refractivity contribution in [3.8, 4) is 40.2 Å². The smallest absolute Gasteiger partial charge is 0.312 e. The summed E-state index contributed by atoms with van der Waals surface area (Å²) in [5.74, 6) is -8.53. The molecule has 9 atom stereocenters. The Labute approximate surface area is 399 Å². The first-order chi connectivity index (χ1) is 32.1. The second-order valence-corrected chi connectivity index (χ2v) is 18.2. The number of carbonyl (C=O) groups is 4. The zero-order chi connectivity index (χ0) is 50.5. The van der Waals surface area contributed by atoms with Crippen molar-refractivity contribution in [2.45, 2.75) is 90.5 Å². The largest absolute Gasteiger partial charge is 0.507 e. The number of aromatic hydroxyl groups is 3. The lowest BCUT2D eigenvalue weighted by Gasteiger charge is -2.38. The Morgan fingerprint density at radius 2 is 1.51 bits per heavy atom. The summed E-state index contributed by atoms with van der Waals surface area (Å²) < 4.78 is 39.8. The highest BCUT2D eigenvalue weighted by atomic mass is 32.2. The fourth-order valence-corrected chi connectivity index (χ4v) is 9.41. The van der Waals surface area contributed by atoms with E-state index in [-0.39, 0.29) is 73.2 Å². The maximum atomic E-state index is 14.6. The zero-order valence-corrected chi connectivity index (χ0v) is 41.0. The van der Waals surface area contributed by atoms with E-state index in [1.54, 1.807) is 39.8 Å². The fraction of sp³-hybridized carbons (Fsp3) is 0.469. The monoisotopic (exact) mass is 966 g/mol. The standard InChI is InChI=1S/C49H62N2O16S/c1-22-14-13-15-23(2)47(59)51-36-40(56)34-33(41(57)45(36)68-19-17-50-48(60)29-20-31(62-10)44(64-12)32(21-29)63-11)35-43(27(6)39(34)55)67-49(8,46(35)58)65-18-16-30(61-9)24(3)42(66-28(7)52)26(5)38(54)25(4)37(22)53/h13-16,18,20-22,24-26,30,37-38,42,53-57H,17,19H2,1-12H3,(H,50,60)(H,51,59)/b14-13+,18-16+,23-15-/t22-,24+,25+,26+,30-,37-,38+,42+,49-/m0/s1. The Kier molecular flexibility index (Phi) is 17.0. The van der Waals surface area contributed by atoms with E-state index >= 15 is 0 Å². The minimum atomic E-state index is -2.10. The molecule has 0 unspecified atom stereocenters. The molecule has 0 saturated heterocycles. The molecule has 3 heterocycles. The van der Waals surface area contributed by atoms with Crippen LogP contribution in [0.4, 0.5) is 5.69 Å². The van der Waals surface area contributed by atoms with Gasteiger partial charge in [-0.25, -0.2) is 0 Å². The Hall–Kier alpha value is -6.15. The zero-order valence-electron chi connectivity index (χ0n) is 40.2. The van der Waals surface area contributed by atoms with Gasteiger partial charge in [-0.3, -0.25) is 19.2 Å². The number of aliphatic hydroxyl groups excluding tert-OH is 2. The van der Waals surface area contributed by atoms with Crippen LogP contribution in [0.5, 0.6) is 40.2 Å². The normalized spacial score (nSPS) is 27.3. The van der Waals surface area contributed by atoms with Crippen LogP contribution < -0.4 is 29.6 Å². The van der Waals surface area contributed by atoms with E-state index in [0.717, 1.165) is 11.8 Å². The summed E-state index contributed by atoms with van der Waals surface area (Å²) in [7, 11) is 5.68. The minimum Gasteiger partial charge on any atom is -0.507 e. The quantitative estimate of drug-likeness (QED) is 0.0387. The average Bonchev–Trinajstić information content (AvgIpc) is 3.58. The highest BCUT2D eigenvalue weighted by Crippen LogP contribution is 2.57. The topological polar surface area (TPSA) is 258 Å². The summed E-state index contributed by atoms with van der Waals surface area (Å²) in [5.41, 5.74) is -0.215. The summed E-state index contributed by atoms with van der Waals surface area (Å²) in [4.78, 5) is 54.1. The van der Waals surface area contributed by atoms with Crippen LogP contribution in [-0.4, -0.2) is 120 Å². The number of Topliss-reactive ketones (excluding diaryl/α,β-unsaturated/α-hetero) is 1. The number of amides is 2. The molecule has 370 valence electrons. The van der Waals surface area contributed by atoms with Gasteiger partial charge in [0.1, 0.15) is 29.0 Å². The van der Waals surface area contributed by atoms with E-state index in [1.807, 2.05) is 0 Å². The van der Waals surface area contributed by atoms with E-state index in [9.17, 15) is 44.7 Å². The molecular weight excluding hydrogens is 905 g/mol. The molecular formula is C49H62N2O16S. The van der Waals surface area contributed by atoms with Crippen molar-refractivity contribution in [3.63, 3.8) is 0 Å². The molecule has 3 aromatic rings. The van der Waals surface area contributed by atoms with Crippen molar-refractivity contribution in [2.75, 3.05) is 46.1 Å².